The summed E-state index contributed by atoms with van der Waals surface area (Å²) in [7, 11) is 2.07. The fourth-order valence-corrected chi connectivity index (χ4v) is 2.46. The first-order valence-electron chi connectivity index (χ1n) is 6.44. The van der Waals surface area contributed by atoms with Crippen LogP contribution in [0.3, 0.4) is 0 Å². The highest BCUT2D eigenvalue weighted by atomic mass is 32.1. The number of nitrogens with one attached hydrogen (secondary N) is 1. The van der Waals surface area contributed by atoms with Gasteiger partial charge in [0.15, 0.2) is 0 Å². The van der Waals surface area contributed by atoms with E-state index in [9.17, 15) is 0 Å². The van der Waals surface area contributed by atoms with E-state index in [0.29, 0.717) is 0 Å². The molecular formula is C15H16N2OS. The van der Waals surface area contributed by atoms with Crippen LogP contribution in [0.1, 0.15) is 12.2 Å². The van der Waals surface area contributed by atoms with Crippen molar-refractivity contribution in [1.82, 2.24) is 10.2 Å². The van der Waals surface area contributed by atoms with Crippen LogP contribution in [0.25, 0.3) is 11.0 Å². The molecule has 0 saturated carbocycles. The largest absolute Gasteiger partial charge is 0.455 e. The Balaban J connectivity index is 1.89. The SMILES string of the molecule is CN1CCCN/C1=C\C(=S)c1cc2ccccc2o1. The summed E-state index contributed by atoms with van der Waals surface area (Å²) in [4.78, 5) is 2.91. The molecule has 1 aliphatic heterocycles. The number of para-hydroxylation sites is 1. The zero-order valence-electron chi connectivity index (χ0n) is 10.8. The number of thiocarbonyl (C=S) groups is 1. The molecule has 98 valence electrons. The molecular weight excluding hydrogens is 256 g/mol. The lowest BCUT2D eigenvalue weighted by Crippen LogP contribution is -2.37. The third kappa shape index (κ3) is 2.49. The highest BCUT2D eigenvalue weighted by molar-refractivity contribution is 7.81. The van der Waals surface area contributed by atoms with Crippen LogP contribution in [0.15, 0.2) is 46.6 Å². The first-order valence-corrected chi connectivity index (χ1v) is 6.84. The highest BCUT2D eigenvalue weighted by Gasteiger charge is 2.12. The summed E-state index contributed by atoms with van der Waals surface area (Å²) < 4.78 is 5.77. The number of hydrogen-bond acceptors (Lipinski definition) is 4. The van der Waals surface area contributed by atoms with E-state index >= 15 is 0 Å². The summed E-state index contributed by atoms with van der Waals surface area (Å²) in [5.74, 6) is 1.82. The molecule has 19 heavy (non-hydrogen) atoms. The predicted octanol–water partition coefficient (Wildman–Crippen LogP) is 2.92. The Hall–Kier alpha value is -1.81. The molecule has 0 aliphatic carbocycles. The summed E-state index contributed by atoms with van der Waals surface area (Å²) in [6, 6.07) is 9.95. The van der Waals surface area contributed by atoms with Crippen molar-refractivity contribution in [3.8, 4) is 0 Å². The molecule has 1 saturated heterocycles. The van der Waals surface area contributed by atoms with E-state index in [2.05, 4.69) is 17.3 Å². The predicted molar refractivity (Wildman–Crippen MR) is 81.2 cm³/mol. The van der Waals surface area contributed by atoms with Gasteiger partial charge in [-0.3, -0.25) is 0 Å². The van der Waals surface area contributed by atoms with Gasteiger partial charge in [0, 0.05) is 31.6 Å². The van der Waals surface area contributed by atoms with Gasteiger partial charge in [-0.05, 0) is 18.6 Å². The maximum atomic E-state index is 5.77. The number of benzene rings is 1. The van der Waals surface area contributed by atoms with Crippen LogP contribution in [0, 0.1) is 0 Å². The molecule has 1 fully saturated rings. The lowest BCUT2D eigenvalue weighted by molar-refractivity contribution is 0.335. The minimum Gasteiger partial charge on any atom is -0.455 e. The fourth-order valence-electron chi connectivity index (χ4n) is 2.25. The third-order valence-corrected chi connectivity index (χ3v) is 3.64. The van der Waals surface area contributed by atoms with E-state index in [0.717, 1.165) is 46.9 Å². The molecule has 1 aliphatic rings. The molecule has 2 heterocycles. The van der Waals surface area contributed by atoms with Crippen LogP contribution in [-0.2, 0) is 0 Å². The van der Waals surface area contributed by atoms with Gasteiger partial charge in [-0.25, -0.2) is 0 Å². The van der Waals surface area contributed by atoms with Crippen LogP contribution in [0.5, 0.6) is 0 Å². The number of rotatable bonds is 2. The van der Waals surface area contributed by atoms with Gasteiger partial charge in [0.25, 0.3) is 0 Å². The van der Waals surface area contributed by atoms with Gasteiger partial charge in [0.05, 0.1) is 4.86 Å². The maximum Gasteiger partial charge on any atom is 0.146 e. The van der Waals surface area contributed by atoms with Gasteiger partial charge >= 0.3 is 0 Å². The Bertz CT molecular complexity index is 611. The van der Waals surface area contributed by atoms with Crippen molar-refractivity contribution >= 4 is 28.1 Å². The molecule has 3 rings (SSSR count). The second-order valence-corrected chi connectivity index (χ2v) is 5.18. The standard InChI is InChI=1S/C15H16N2OS/c1-17-8-4-7-16-15(17)10-14(19)13-9-11-5-2-3-6-12(11)18-13/h2-3,5-6,9-10,16H,4,7-8H2,1H3/b15-10+. The molecule has 0 radical (unpaired) electrons. The lowest BCUT2D eigenvalue weighted by Gasteiger charge is -2.28. The summed E-state index contributed by atoms with van der Waals surface area (Å²) in [6.45, 7) is 2.06. The van der Waals surface area contributed by atoms with Crippen molar-refractivity contribution in [2.75, 3.05) is 20.1 Å². The number of hydrogen-bond donors (Lipinski definition) is 1. The van der Waals surface area contributed by atoms with Crippen molar-refractivity contribution in [3.63, 3.8) is 0 Å². The molecule has 0 atom stereocenters. The molecule has 0 unspecified atom stereocenters. The van der Waals surface area contributed by atoms with Crippen molar-refractivity contribution in [1.29, 1.82) is 0 Å². The van der Waals surface area contributed by atoms with Crippen molar-refractivity contribution < 1.29 is 4.42 Å². The van der Waals surface area contributed by atoms with Gasteiger partial charge in [0.2, 0.25) is 0 Å². The van der Waals surface area contributed by atoms with Gasteiger partial charge in [-0.2, -0.15) is 0 Å². The Labute approximate surface area is 117 Å². The van der Waals surface area contributed by atoms with Crippen LogP contribution in [0.4, 0.5) is 0 Å². The van der Waals surface area contributed by atoms with E-state index < -0.39 is 0 Å². The van der Waals surface area contributed by atoms with Crippen LogP contribution < -0.4 is 5.32 Å². The lowest BCUT2D eigenvalue weighted by atomic mass is 10.2. The van der Waals surface area contributed by atoms with E-state index in [1.807, 2.05) is 36.4 Å². The topological polar surface area (TPSA) is 28.4 Å². The number of fused-ring (bicyclic) bond motifs is 1. The zero-order chi connectivity index (χ0) is 13.2. The molecule has 0 spiro atoms. The minimum atomic E-state index is 0.729. The fraction of sp³-hybridized carbons (Fsp3) is 0.267. The number of nitrogens with zero attached hydrogens (tertiary/aromatic N) is 1. The van der Waals surface area contributed by atoms with Gasteiger partial charge in [-0.15, -0.1) is 0 Å². The smallest absolute Gasteiger partial charge is 0.146 e. The van der Waals surface area contributed by atoms with Crippen LogP contribution in [-0.4, -0.2) is 29.9 Å². The second-order valence-electron chi connectivity index (χ2n) is 4.74. The summed E-state index contributed by atoms with van der Waals surface area (Å²) >= 11 is 5.46. The monoisotopic (exact) mass is 272 g/mol. The quantitative estimate of drug-likeness (QED) is 0.517. The van der Waals surface area contributed by atoms with Crippen LogP contribution in [0.2, 0.25) is 0 Å². The van der Waals surface area contributed by atoms with Gasteiger partial charge < -0.3 is 14.6 Å². The van der Waals surface area contributed by atoms with E-state index in [-0.39, 0.29) is 0 Å². The Morgan fingerprint density at radius 3 is 3.05 bits per heavy atom. The molecule has 1 N–H and O–H groups in total. The summed E-state index contributed by atoms with van der Waals surface area (Å²) in [6.07, 6.45) is 3.14. The van der Waals surface area contributed by atoms with E-state index in [1.165, 1.54) is 0 Å². The average molecular weight is 272 g/mol. The summed E-state index contributed by atoms with van der Waals surface area (Å²) in [5, 5.41) is 4.45. The number of allylic oxidation sites excluding steroid dienone is 1. The zero-order valence-corrected chi connectivity index (χ0v) is 11.7. The minimum absolute atomic E-state index is 0.729. The van der Waals surface area contributed by atoms with Crippen LogP contribution >= 0.6 is 12.2 Å². The molecule has 1 aromatic carbocycles. The second kappa shape index (κ2) is 5.05. The van der Waals surface area contributed by atoms with Gasteiger partial charge in [-0.1, -0.05) is 30.4 Å². The third-order valence-electron chi connectivity index (χ3n) is 3.32. The Morgan fingerprint density at radius 2 is 2.26 bits per heavy atom. The van der Waals surface area contributed by atoms with Crippen molar-refractivity contribution in [2.24, 2.45) is 0 Å². The number of furan rings is 1. The Kier molecular flexibility index (Phi) is 3.25. The first kappa shape index (κ1) is 12.2. The van der Waals surface area contributed by atoms with Gasteiger partial charge in [0.1, 0.15) is 17.2 Å². The molecule has 4 heteroatoms. The molecule has 0 amide bonds. The first-order chi connectivity index (χ1) is 9.24. The molecule has 1 aromatic heterocycles. The van der Waals surface area contributed by atoms with Crippen molar-refractivity contribution in [3.05, 3.63) is 48.0 Å². The molecule has 2 aromatic rings. The molecule has 0 bridgehead atoms. The van der Waals surface area contributed by atoms with E-state index in [1.54, 1.807) is 0 Å². The maximum absolute atomic E-state index is 5.77. The molecule has 3 nitrogen and oxygen atoms in total. The average Bonchev–Trinajstić information content (AvgIpc) is 2.85. The normalized spacial score (nSPS) is 17.7. The summed E-state index contributed by atoms with van der Waals surface area (Å²) in [5.41, 5.74) is 0.878. The van der Waals surface area contributed by atoms with E-state index in [4.69, 9.17) is 16.6 Å². The van der Waals surface area contributed by atoms with Crippen molar-refractivity contribution in [2.45, 2.75) is 6.42 Å². The Morgan fingerprint density at radius 1 is 1.42 bits per heavy atom. The highest BCUT2D eigenvalue weighted by Crippen LogP contribution is 2.20.